The largest absolute Gasteiger partial charge is 0.460 e. The third-order valence-corrected chi connectivity index (χ3v) is 14.7. The minimum absolute atomic E-state index is 0.0188. The van der Waals surface area contributed by atoms with Crippen LogP contribution >= 0.6 is 0 Å². The molecule has 5 heteroatoms. The Morgan fingerprint density at radius 3 is 2.09 bits per heavy atom. The fourth-order valence-corrected chi connectivity index (χ4v) is 13.0. The summed E-state index contributed by atoms with van der Waals surface area (Å²) in [6.45, 7) is 14.5. The smallest absolute Gasteiger partial charge is 0.309 e. The minimum Gasteiger partial charge on any atom is -0.460 e. The van der Waals surface area contributed by atoms with Crippen LogP contribution in [0.3, 0.4) is 0 Å². The number of aliphatic hydroxyl groups is 1. The summed E-state index contributed by atoms with van der Waals surface area (Å²) in [6.07, 6.45) is 22.3. The Kier molecular flexibility index (Phi) is 8.21. The van der Waals surface area contributed by atoms with E-state index in [4.69, 9.17) is 9.47 Å². The molecule has 6 fully saturated rings. The zero-order valence-corrected chi connectivity index (χ0v) is 29.8. The lowest BCUT2D eigenvalue weighted by Gasteiger charge is -2.43. The van der Waals surface area contributed by atoms with Gasteiger partial charge in [0.15, 0.2) is 0 Å². The molecule has 8 rings (SSSR count). The molecule has 0 aromatic carbocycles. The molecule has 8 aliphatic rings. The molecule has 46 heavy (non-hydrogen) atoms. The van der Waals surface area contributed by atoms with Crippen molar-refractivity contribution >= 4 is 11.9 Å². The number of allylic oxidation sites excluding steroid dienone is 4. The van der Waals surface area contributed by atoms with Crippen molar-refractivity contribution in [3.8, 4) is 0 Å². The van der Waals surface area contributed by atoms with Gasteiger partial charge >= 0.3 is 11.9 Å². The van der Waals surface area contributed by atoms with Gasteiger partial charge < -0.3 is 14.6 Å². The average molecular weight is 635 g/mol. The van der Waals surface area contributed by atoms with E-state index in [0.717, 1.165) is 67.1 Å². The van der Waals surface area contributed by atoms with Gasteiger partial charge in [-0.1, -0.05) is 45.1 Å². The molecule has 0 heterocycles. The van der Waals surface area contributed by atoms with Gasteiger partial charge in [-0.25, -0.2) is 0 Å². The molecule has 0 spiro atoms. The van der Waals surface area contributed by atoms with Crippen molar-refractivity contribution < 1.29 is 24.2 Å². The van der Waals surface area contributed by atoms with Gasteiger partial charge in [-0.3, -0.25) is 9.59 Å². The van der Waals surface area contributed by atoms with Crippen LogP contribution in [0.5, 0.6) is 0 Å². The van der Waals surface area contributed by atoms with E-state index in [2.05, 4.69) is 45.1 Å². The Morgan fingerprint density at radius 1 is 0.783 bits per heavy atom. The lowest BCUT2D eigenvalue weighted by atomic mass is 9.61. The van der Waals surface area contributed by atoms with E-state index in [1.54, 1.807) is 0 Å². The maximum Gasteiger partial charge on any atom is 0.309 e. The van der Waals surface area contributed by atoms with E-state index in [1.807, 2.05) is 27.7 Å². The van der Waals surface area contributed by atoms with Crippen molar-refractivity contribution in [3.05, 3.63) is 24.3 Å². The van der Waals surface area contributed by atoms with Crippen LogP contribution in [-0.4, -0.2) is 33.8 Å². The molecule has 14 atom stereocenters. The third kappa shape index (κ3) is 5.85. The van der Waals surface area contributed by atoms with Crippen molar-refractivity contribution in [1.82, 2.24) is 0 Å². The summed E-state index contributed by atoms with van der Waals surface area (Å²) >= 11 is 0. The number of esters is 2. The summed E-state index contributed by atoms with van der Waals surface area (Å²) < 4.78 is 11.6. The number of rotatable bonds is 8. The van der Waals surface area contributed by atoms with Gasteiger partial charge in [0, 0.05) is 0 Å². The van der Waals surface area contributed by atoms with Gasteiger partial charge in [-0.2, -0.15) is 0 Å². The number of ether oxygens (including phenoxy) is 2. The quantitative estimate of drug-likeness (QED) is 0.164. The minimum atomic E-state index is -0.937. The van der Waals surface area contributed by atoms with Crippen LogP contribution in [0.1, 0.15) is 126 Å². The average Bonchev–Trinajstić information content (AvgIpc) is 3.79. The molecular weight excluding hydrogens is 572 g/mol. The SMILES string of the molecule is CC(C)(C)OC(=O)CC(C)(C)C1CC2CC1C1C3C=CC(C3)C21.CCC1(OC(=O)CC(C)(O)C2CC3C=CC2C3)CC2CCC1C2. The van der Waals surface area contributed by atoms with Crippen molar-refractivity contribution in [1.29, 1.82) is 0 Å². The Hall–Kier alpha value is -1.62. The van der Waals surface area contributed by atoms with Gasteiger partial charge in [-0.15, -0.1) is 0 Å². The second kappa shape index (κ2) is 11.5. The molecule has 0 aliphatic heterocycles. The van der Waals surface area contributed by atoms with Crippen LogP contribution in [0.15, 0.2) is 24.3 Å². The fourth-order valence-electron chi connectivity index (χ4n) is 13.0. The molecule has 0 saturated heterocycles. The van der Waals surface area contributed by atoms with Crippen molar-refractivity contribution in [2.24, 2.45) is 76.4 Å². The number of hydrogen-bond acceptors (Lipinski definition) is 5. The fraction of sp³-hybridized carbons (Fsp3) is 0.854. The van der Waals surface area contributed by atoms with E-state index in [1.165, 1.54) is 38.5 Å². The van der Waals surface area contributed by atoms with Gasteiger partial charge in [0.1, 0.15) is 11.2 Å². The molecule has 5 nitrogen and oxygen atoms in total. The van der Waals surface area contributed by atoms with Gasteiger partial charge in [0.2, 0.25) is 0 Å². The van der Waals surface area contributed by atoms with Crippen LogP contribution < -0.4 is 0 Å². The summed E-state index contributed by atoms with van der Waals surface area (Å²) in [5.74, 6) is 8.48. The monoisotopic (exact) mass is 634 g/mol. The van der Waals surface area contributed by atoms with Gasteiger partial charge in [0.05, 0.1) is 18.4 Å². The predicted octanol–water partition coefficient (Wildman–Crippen LogP) is 8.69. The Labute approximate surface area is 278 Å². The highest BCUT2D eigenvalue weighted by Crippen LogP contribution is 2.69. The van der Waals surface area contributed by atoms with E-state index in [-0.39, 0.29) is 40.9 Å². The molecule has 0 amide bonds. The Morgan fingerprint density at radius 2 is 1.50 bits per heavy atom. The Balaban J connectivity index is 0.000000147. The topological polar surface area (TPSA) is 72.8 Å². The number of fused-ring (bicyclic) bond motifs is 13. The first kappa shape index (κ1) is 32.9. The van der Waals surface area contributed by atoms with E-state index >= 15 is 0 Å². The van der Waals surface area contributed by atoms with Crippen LogP contribution in [-0.2, 0) is 19.1 Å². The van der Waals surface area contributed by atoms with Crippen molar-refractivity contribution in [2.75, 3.05) is 0 Å². The first-order valence-electron chi connectivity index (χ1n) is 19.1. The summed E-state index contributed by atoms with van der Waals surface area (Å²) in [7, 11) is 0. The molecule has 6 saturated carbocycles. The second-order valence-electron chi connectivity index (χ2n) is 19.2. The van der Waals surface area contributed by atoms with Crippen LogP contribution in [0.25, 0.3) is 0 Å². The van der Waals surface area contributed by atoms with Gasteiger partial charge in [0.25, 0.3) is 0 Å². The predicted molar refractivity (Wildman–Crippen MR) is 180 cm³/mol. The lowest BCUT2D eigenvalue weighted by molar-refractivity contribution is -0.173. The molecule has 8 aliphatic carbocycles. The summed E-state index contributed by atoms with van der Waals surface area (Å²) in [6, 6.07) is 0. The maximum atomic E-state index is 12.6. The molecule has 0 radical (unpaired) electrons. The molecule has 0 aromatic rings. The maximum absolute atomic E-state index is 12.6. The third-order valence-electron chi connectivity index (χ3n) is 14.7. The molecular formula is C41H62O5. The van der Waals surface area contributed by atoms with Crippen molar-refractivity contribution in [3.63, 3.8) is 0 Å². The normalized spacial score (nSPS) is 45.1. The summed E-state index contributed by atoms with van der Waals surface area (Å²) in [5, 5.41) is 10.9. The molecule has 14 unspecified atom stereocenters. The lowest BCUT2D eigenvalue weighted by Crippen LogP contribution is -2.44. The number of hydrogen-bond donors (Lipinski definition) is 1. The zero-order chi connectivity index (χ0) is 32.8. The Bertz CT molecular complexity index is 1250. The summed E-state index contributed by atoms with van der Waals surface area (Å²) in [4.78, 5) is 25.0. The van der Waals surface area contributed by atoms with Crippen LogP contribution in [0.4, 0.5) is 0 Å². The van der Waals surface area contributed by atoms with Crippen LogP contribution in [0, 0.1) is 76.4 Å². The highest BCUT2D eigenvalue weighted by atomic mass is 16.6. The van der Waals surface area contributed by atoms with E-state index in [0.29, 0.717) is 30.1 Å². The standard InChI is InChI=1S/C21H32O2.C20H30O3/c1-20(2,3)23-17(22)11-21(4,5)16-10-14-9-15(16)19-13-7-6-12(8-13)18(14)19;1-3-20(11-14-5-7-16(20)9-14)23-18(21)12-19(2,22)17-10-13-4-6-15(17)8-13/h6-7,12-16,18-19H,8-11H2,1-5H3;4,6,13-17,22H,3,5,7-12H2,1-2H3. The molecule has 8 bridgehead atoms. The van der Waals surface area contributed by atoms with Gasteiger partial charge in [-0.05, 0) is 168 Å². The first-order chi connectivity index (χ1) is 21.6. The molecule has 0 aromatic heterocycles. The number of carbonyl (C=O) groups excluding carboxylic acids is 2. The molecule has 1 N–H and O–H groups in total. The van der Waals surface area contributed by atoms with E-state index < -0.39 is 5.60 Å². The van der Waals surface area contributed by atoms with E-state index in [9.17, 15) is 14.7 Å². The summed E-state index contributed by atoms with van der Waals surface area (Å²) in [5.41, 5.74) is -1.47. The van der Waals surface area contributed by atoms with Crippen molar-refractivity contribution in [2.45, 2.75) is 142 Å². The zero-order valence-electron chi connectivity index (χ0n) is 29.8. The first-order valence-corrected chi connectivity index (χ1v) is 19.1. The number of carbonyl (C=O) groups is 2. The second-order valence-corrected chi connectivity index (χ2v) is 19.2. The highest BCUT2D eigenvalue weighted by molar-refractivity contribution is 5.71. The molecule has 256 valence electrons. The van der Waals surface area contributed by atoms with Crippen LogP contribution in [0.2, 0.25) is 0 Å². The highest BCUT2D eigenvalue weighted by Gasteiger charge is 2.63.